The maximum absolute atomic E-state index is 5.46. The third-order valence-corrected chi connectivity index (χ3v) is 3.87. The standard InChI is InChI=1S/C12H21N3O/c1-4-9(3)10-14-11(16-15-10)12(5-2)6-7-13-8-12/h9,13H,4-8H2,1-3H3. The van der Waals surface area contributed by atoms with E-state index < -0.39 is 0 Å². The summed E-state index contributed by atoms with van der Waals surface area (Å²) in [5, 5.41) is 7.50. The van der Waals surface area contributed by atoms with Crippen molar-refractivity contribution >= 4 is 0 Å². The van der Waals surface area contributed by atoms with Gasteiger partial charge in [0.2, 0.25) is 5.89 Å². The predicted octanol–water partition coefficient (Wildman–Crippen LogP) is 2.22. The average molecular weight is 223 g/mol. The molecule has 90 valence electrons. The molecule has 4 heteroatoms. The molecular weight excluding hydrogens is 202 g/mol. The van der Waals surface area contributed by atoms with Gasteiger partial charge < -0.3 is 9.84 Å². The van der Waals surface area contributed by atoms with Gasteiger partial charge in [0.15, 0.2) is 5.82 Å². The Morgan fingerprint density at radius 1 is 1.50 bits per heavy atom. The fourth-order valence-corrected chi connectivity index (χ4v) is 2.21. The van der Waals surface area contributed by atoms with Crippen LogP contribution >= 0.6 is 0 Å². The zero-order valence-electron chi connectivity index (χ0n) is 10.4. The quantitative estimate of drug-likeness (QED) is 0.850. The molecule has 1 aliphatic heterocycles. The molecule has 2 unspecified atom stereocenters. The summed E-state index contributed by atoms with van der Waals surface area (Å²) in [6, 6.07) is 0. The molecule has 0 amide bonds. The molecule has 2 heterocycles. The second-order valence-corrected chi connectivity index (χ2v) is 4.83. The number of aromatic nitrogens is 2. The van der Waals surface area contributed by atoms with Crippen molar-refractivity contribution in [2.45, 2.75) is 51.4 Å². The van der Waals surface area contributed by atoms with Gasteiger partial charge in [-0.25, -0.2) is 0 Å². The van der Waals surface area contributed by atoms with Crippen molar-refractivity contribution in [2.75, 3.05) is 13.1 Å². The minimum atomic E-state index is 0.0821. The van der Waals surface area contributed by atoms with E-state index in [1.54, 1.807) is 0 Å². The van der Waals surface area contributed by atoms with Gasteiger partial charge in [-0.15, -0.1) is 0 Å². The third kappa shape index (κ3) is 1.86. The maximum atomic E-state index is 5.46. The predicted molar refractivity (Wildman–Crippen MR) is 62.5 cm³/mol. The summed E-state index contributed by atoms with van der Waals surface area (Å²) < 4.78 is 5.46. The Kier molecular flexibility index (Phi) is 3.28. The van der Waals surface area contributed by atoms with E-state index in [9.17, 15) is 0 Å². The lowest BCUT2D eigenvalue weighted by molar-refractivity contribution is 0.283. The van der Waals surface area contributed by atoms with Crippen molar-refractivity contribution in [1.82, 2.24) is 15.5 Å². The van der Waals surface area contributed by atoms with Gasteiger partial charge in [0, 0.05) is 12.5 Å². The van der Waals surface area contributed by atoms with Crippen molar-refractivity contribution in [3.05, 3.63) is 11.7 Å². The minimum absolute atomic E-state index is 0.0821. The van der Waals surface area contributed by atoms with Gasteiger partial charge in [-0.05, 0) is 25.8 Å². The Balaban J connectivity index is 2.23. The van der Waals surface area contributed by atoms with E-state index in [4.69, 9.17) is 4.52 Å². The highest BCUT2D eigenvalue weighted by Gasteiger charge is 2.39. The first-order valence-electron chi connectivity index (χ1n) is 6.26. The first-order chi connectivity index (χ1) is 7.72. The highest BCUT2D eigenvalue weighted by Crippen LogP contribution is 2.33. The monoisotopic (exact) mass is 223 g/mol. The lowest BCUT2D eigenvalue weighted by atomic mass is 9.84. The topological polar surface area (TPSA) is 51.0 Å². The minimum Gasteiger partial charge on any atom is -0.339 e. The van der Waals surface area contributed by atoms with Gasteiger partial charge in [-0.1, -0.05) is 25.9 Å². The Morgan fingerprint density at radius 3 is 2.88 bits per heavy atom. The highest BCUT2D eigenvalue weighted by molar-refractivity contribution is 5.10. The van der Waals surface area contributed by atoms with Gasteiger partial charge in [-0.2, -0.15) is 4.98 Å². The van der Waals surface area contributed by atoms with Crippen LogP contribution < -0.4 is 5.32 Å². The fourth-order valence-electron chi connectivity index (χ4n) is 2.21. The SMILES string of the molecule is CCC(C)c1noc(C2(CC)CCNC2)n1. The van der Waals surface area contributed by atoms with Crippen molar-refractivity contribution in [2.24, 2.45) is 0 Å². The number of hydrogen-bond donors (Lipinski definition) is 1. The Labute approximate surface area is 96.8 Å². The molecule has 1 aromatic heterocycles. The summed E-state index contributed by atoms with van der Waals surface area (Å²) in [6.45, 7) is 8.49. The molecule has 16 heavy (non-hydrogen) atoms. The zero-order valence-corrected chi connectivity index (χ0v) is 10.4. The summed E-state index contributed by atoms with van der Waals surface area (Å²) in [4.78, 5) is 4.59. The second-order valence-electron chi connectivity index (χ2n) is 4.83. The van der Waals surface area contributed by atoms with Crippen LogP contribution in [-0.4, -0.2) is 23.2 Å². The van der Waals surface area contributed by atoms with E-state index in [0.717, 1.165) is 44.1 Å². The van der Waals surface area contributed by atoms with E-state index in [0.29, 0.717) is 5.92 Å². The summed E-state index contributed by atoms with van der Waals surface area (Å²) in [5.41, 5.74) is 0.0821. The first kappa shape index (κ1) is 11.6. The molecule has 2 rings (SSSR count). The highest BCUT2D eigenvalue weighted by atomic mass is 16.5. The van der Waals surface area contributed by atoms with Crippen LogP contribution in [0.4, 0.5) is 0 Å². The molecule has 1 fully saturated rings. The van der Waals surface area contributed by atoms with Crippen LogP contribution in [0.2, 0.25) is 0 Å². The van der Waals surface area contributed by atoms with E-state index >= 15 is 0 Å². The van der Waals surface area contributed by atoms with Crippen LogP contribution in [0.3, 0.4) is 0 Å². The van der Waals surface area contributed by atoms with E-state index in [-0.39, 0.29) is 5.41 Å². The Morgan fingerprint density at radius 2 is 2.31 bits per heavy atom. The molecule has 0 bridgehead atoms. The normalized spacial score (nSPS) is 27.2. The van der Waals surface area contributed by atoms with Crippen LogP contribution in [0.5, 0.6) is 0 Å². The van der Waals surface area contributed by atoms with Gasteiger partial charge in [-0.3, -0.25) is 0 Å². The Bertz CT molecular complexity index is 342. The molecule has 0 saturated carbocycles. The molecule has 1 aliphatic rings. The molecule has 0 spiro atoms. The van der Waals surface area contributed by atoms with Crippen molar-refractivity contribution in [3.63, 3.8) is 0 Å². The van der Waals surface area contributed by atoms with Crippen molar-refractivity contribution in [1.29, 1.82) is 0 Å². The molecule has 1 N–H and O–H groups in total. The zero-order chi connectivity index (χ0) is 11.6. The number of rotatable bonds is 4. The van der Waals surface area contributed by atoms with Crippen LogP contribution in [0.1, 0.15) is 57.7 Å². The van der Waals surface area contributed by atoms with Crippen molar-refractivity contribution in [3.8, 4) is 0 Å². The molecule has 4 nitrogen and oxygen atoms in total. The van der Waals surface area contributed by atoms with E-state index in [1.807, 2.05) is 0 Å². The maximum Gasteiger partial charge on any atom is 0.234 e. The summed E-state index contributed by atoms with van der Waals surface area (Å²) in [6.07, 6.45) is 3.21. The molecule has 2 atom stereocenters. The van der Waals surface area contributed by atoms with Gasteiger partial charge in [0.05, 0.1) is 5.41 Å². The lowest BCUT2D eigenvalue weighted by Crippen LogP contribution is -2.28. The molecule has 1 aromatic rings. The smallest absolute Gasteiger partial charge is 0.234 e. The number of nitrogens with one attached hydrogen (secondary N) is 1. The van der Waals surface area contributed by atoms with E-state index in [2.05, 4.69) is 36.2 Å². The van der Waals surface area contributed by atoms with Gasteiger partial charge >= 0.3 is 0 Å². The van der Waals surface area contributed by atoms with Gasteiger partial charge in [0.25, 0.3) is 0 Å². The first-order valence-corrected chi connectivity index (χ1v) is 6.26. The second kappa shape index (κ2) is 4.53. The average Bonchev–Trinajstić information content (AvgIpc) is 2.96. The van der Waals surface area contributed by atoms with Crippen molar-refractivity contribution < 1.29 is 4.52 Å². The van der Waals surface area contributed by atoms with Gasteiger partial charge in [0.1, 0.15) is 0 Å². The lowest BCUT2D eigenvalue weighted by Gasteiger charge is -2.20. The third-order valence-electron chi connectivity index (χ3n) is 3.87. The van der Waals surface area contributed by atoms with E-state index in [1.165, 1.54) is 0 Å². The molecule has 0 aliphatic carbocycles. The number of nitrogens with zero attached hydrogens (tertiary/aromatic N) is 2. The summed E-state index contributed by atoms with van der Waals surface area (Å²) >= 11 is 0. The summed E-state index contributed by atoms with van der Waals surface area (Å²) in [5.74, 6) is 2.08. The molecule has 0 aromatic carbocycles. The van der Waals surface area contributed by atoms with Crippen LogP contribution in [-0.2, 0) is 5.41 Å². The molecular formula is C12H21N3O. The Hall–Kier alpha value is -0.900. The van der Waals surface area contributed by atoms with Crippen LogP contribution in [0.15, 0.2) is 4.52 Å². The largest absolute Gasteiger partial charge is 0.339 e. The van der Waals surface area contributed by atoms with Crippen LogP contribution in [0.25, 0.3) is 0 Å². The molecule has 1 saturated heterocycles. The number of hydrogen-bond acceptors (Lipinski definition) is 4. The molecule has 0 radical (unpaired) electrons. The fraction of sp³-hybridized carbons (Fsp3) is 0.833. The van der Waals surface area contributed by atoms with Crippen LogP contribution in [0, 0.1) is 0 Å². The summed E-state index contributed by atoms with van der Waals surface area (Å²) in [7, 11) is 0.